The average molecular weight is 542 g/mol. The lowest BCUT2D eigenvalue weighted by Gasteiger charge is -2.43. The van der Waals surface area contributed by atoms with Gasteiger partial charge in [0.25, 0.3) is 5.82 Å². The number of nitrogens with zero attached hydrogens (tertiary/aromatic N) is 5. The zero-order chi connectivity index (χ0) is 26.0. The second kappa shape index (κ2) is 11.1. The summed E-state index contributed by atoms with van der Waals surface area (Å²) in [4.78, 5) is 7.79. The standard InChI is InChI=1S/C22H19ClF3N5O4S/c1-3-34-20-18(31-8-14(29-30-31)10-4-12(24)17(26)13(25)5-10)19(33)15(9-32)35-22(20)36-16-6-11(23)7-28-21(16)27-2/h4-8,15,18-20,22,32-33H,3,9H2,1H3/t15?,18-,19-,20?,22+/m0/s1. The van der Waals surface area contributed by atoms with E-state index in [0.717, 1.165) is 23.9 Å². The molecule has 3 aromatic rings. The molecule has 3 heterocycles. The number of thioether (sulfide) groups is 1. The second-order valence-corrected chi connectivity index (χ2v) is 9.25. The van der Waals surface area contributed by atoms with Crippen molar-refractivity contribution >= 4 is 29.2 Å². The smallest absolute Gasteiger partial charge is 0.283 e. The summed E-state index contributed by atoms with van der Waals surface area (Å²) < 4.78 is 53.9. The van der Waals surface area contributed by atoms with Crippen LogP contribution in [0.4, 0.5) is 19.0 Å². The topological polar surface area (TPSA) is 107 Å². The molecule has 5 atom stereocenters. The van der Waals surface area contributed by atoms with Gasteiger partial charge in [-0.3, -0.25) is 0 Å². The molecular formula is C22H19ClF3N5O4S. The van der Waals surface area contributed by atoms with E-state index >= 15 is 0 Å². The van der Waals surface area contributed by atoms with Crippen LogP contribution in [0.5, 0.6) is 0 Å². The van der Waals surface area contributed by atoms with E-state index in [0.29, 0.717) is 9.92 Å². The van der Waals surface area contributed by atoms with Crippen molar-refractivity contribution < 1.29 is 32.9 Å². The maximum absolute atomic E-state index is 13.7. The second-order valence-electron chi connectivity index (χ2n) is 7.67. The molecule has 2 aromatic heterocycles. The predicted octanol–water partition coefficient (Wildman–Crippen LogP) is 3.78. The summed E-state index contributed by atoms with van der Waals surface area (Å²) in [5.41, 5.74) is -0.908. The van der Waals surface area contributed by atoms with E-state index in [-0.39, 0.29) is 23.7 Å². The summed E-state index contributed by atoms with van der Waals surface area (Å²) >= 11 is 7.13. The molecule has 190 valence electrons. The van der Waals surface area contributed by atoms with E-state index in [1.54, 1.807) is 6.92 Å². The Morgan fingerprint density at radius 2 is 2.00 bits per heavy atom. The first-order valence-corrected chi connectivity index (χ1v) is 11.9. The molecular weight excluding hydrogens is 523 g/mol. The van der Waals surface area contributed by atoms with Crippen LogP contribution >= 0.6 is 23.4 Å². The highest BCUT2D eigenvalue weighted by atomic mass is 35.5. The highest BCUT2D eigenvalue weighted by Crippen LogP contribution is 2.42. The van der Waals surface area contributed by atoms with Crippen LogP contribution in [0.2, 0.25) is 5.02 Å². The molecule has 0 bridgehead atoms. The third kappa shape index (κ3) is 5.19. The van der Waals surface area contributed by atoms with E-state index < -0.39 is 53.8 Å². The van der Waals surface area contributed by atoms with E-state index in [1.165, 1.54) is 23.1 Å². The summed E-state index contributed by atoms with van der Waals surface area (Å²) in [6, 6.07) is 2.13. The molecule has 9 nitrogen and oxygen atoms in total. The summed E-state index contributed by atoms with van der Waals surface area (Å²) in [5.74, 6) is -4.31. The number of aliphatic hydroxyl groups excluding tert-OH is 2. The van der Waals surface area contributed by atoms with E-state index in [2.05, 4.69) is 20.1 Å². The van der Waals surface area contributed by atoms with Crippen molar-refractivity contribution in [2.45, 2.75) is 41.6 Å². The SMILES string of the molecule is [C-]#[N+]c1ncc(Cl)cc1S[C@H]1OC(CO)[C@H](O)[C@H](n2cc(-c3cc(F)c(F)c(F)c3)nn2)C1OCC. The van der Waals surface area contributed by atoms with Gasteiger partial charge >= 0.3 is 0 Å². The lowest BCUT2D eigenvalue weighted by Crippen LogP contribution is -2.55. The van der Waals surface area contributed by atoms with Crippen LogP contribution in [-0.4, -0.2) is 67.2 Å². The Hall–Kier alpha value is -2.73. The number of benzene rings is 1. The zero-order valence-electron chi connectivity index (χ0n) is 18.6. The van der Waals surface area contributed by atoms with Crippen molar-refractivity contribution in [1.82, 2.24) is 20.0 Å². The van der Waals surface area contributed by atoms with Gasteiger partial charge in [-0.2, -0.15) is 0 Å². The minimum Gasteiger partial charge on any atom is -0.394 e. The Morgan fingerprint density at radius 3 is 2.64 bits per heavy atom. The molecule has 0 spiro atoms. The fourth-order valence-electron chi connectivity index (χ4n) is 3.80. The van der Waals surface area contributed by atoms with Gasteiger partial charge in [0.05, 0.1) is 17.8 Å². The van der Waals surface area contributed by atoms with Crippen molar-refractivity contribution in [2.75, 3.05) is 13.2 Å². The van der Waals surface area contributed by atoms with E-state index in [4.69, 9.17) is 27.6 Å². The van der Waals surface area contributed by atoms with Crippen LogP contribution in [-0.2, 0) is 9.47 Å². The van der Waals surface area contributed by atoms with Gasteiger partial charge in [0.15, 0.2) is 17.5 Å². The molecule has 36 heavy (non-hydrogen) atoms. The lowest BCUT2D eigenvalue weighted by atomic mass is 9.97. The number of halogens is 4. The highest BCUT2D eigenvalue weighted by Gasteiger charge is 2.48. The molecule has 0 radical (unpaired) electrons. The Balaban J connectivity index is 1.72. The molecule has 1 aromatic carbocycles. The van der Waals surface area contributed by atoms with Crippen molar-refractivity contribution in [3.63, 3.8) is 0 Å². The summed E-state index contributed by atoms with van der Waals surface area (Å²) in [6.07, 6.45) is -0.619. The van der Waals surface area contributed by atoms with E-state index in [1.807, 2.05) is 0 Å². The molecule has 2 N–H and O–H groups in total. The first-order chi connectivity index (χ1) is 17.3. The van der Waals surface area contributed by atoms with Gasteiger partial charge in [0.1, 0.15) is 41.7 Å². The summed E-state index contributed by atoms with van der Waals surface area (Å²) in [6.45, 7) is 8.75. The Kier molecular flexibility index (Phi) is 8.13. The number of rotatable bonds is 7. The zero-order valence-corrected chi connectivity index (χ0v) is 20.1. The fourth-order valence-corrected chi connectivity index (χ4v) is 5.24. The largest absolute Gasteiger partial charge is 0.394 e. The predicted molar refractivity (Wildman–Crippen MR) is 123 cm³/mol. The monoisotopic (exact) mass is 541 g/mol. The molecule has 1 aliphatic rings. The summed E-state index contributed by atoms with van der Waals surface area (Å²) in [5, 5.41) is 29.1. The van der Waals surface area contributed by atoms with Gasteiger partial charge in [-0.1, -0.05) is 23.4 Å². The van der Waals surface area contributed by atoms with Crippen molar-refractivity contribution in [3.05, 3.63) is 64.5 Å². The van der Waals surface area contributed by atoms with Crippen LogP contribution in [0.1, 0.15) is 13.0 Å². The number of pyridine rings is 1. The van der Waals surface area contributed by atoms with Crippen LogP contribution in [0.15, 0.2) is 35.5 Å². The Morgan fingerprint density at radius 1 is 1.28 bits per heavy atom. The quantitative estimate of drug-likeness (QED) is 0.344. The maximum Gasteiger partial charge on any atom is 0.283 e. The minimum atomic E-state index is -1.61. The molecule has 1 fully saturated rings. The van der Waals surface area contributed by atoms with Crippen LogP contribution < -0.4 is 0 Å². The molecule has 1 saturated heterocycles. The molecule has 4 rings (SSSR count). The maximum atomic E-state index is 13.7. The lowest BCUT2D eigenvalue weighted by molar-refractivity contribution is -0.191. The molecule has 2 unspecified atom stereocenters. The number of hydrogen-bond acceptors (Lipinski definition) is 8. The van der Waals surface area contributed by atoms with Crippen molar-refractivity contribution in [1.29, 1.82) is 0 Å². The number of hydrogen-bond donors (Lipinski definition) is 2. The highest BCUT2D eigenvalue weighted by molar-refractivity contribution is 8.00. The van der Waals surface area contributed by atoms with Gasteiger partial charge in [0, 0.05) is 17.1 Å². The first kappa shape index (κ1) is 26.3. The summed E-state index contributed by atoms with van der Waals surface area (Å²) in [7, 11) is 0. The third-order valence-electron chi connectivity index (χ3n) is 5.43. The Labute approximate surface area is 212 Å². The first-order valence-electron chi connectivity index (χ1n) is 10.6. The number of ether oxygens (including phenoxy) is 2. The van der Waals surface area contributed by atoms with Gasteiger partial charge in [-0.25, -0.2) is 17.9 Å². The van der Waals surface area contributed by atoms with Gasteiger partial charge in [-0.05, 0) is 25.1 Å². The minimum absolute atomic E-state index is 0.0147. The molecule has 0 aliphatic carbocycles. The van der Waals surface area contributed by atoms with Crippen LogP contribution in [0, 0.1) is 24.0 Å². The van der Waals surface area contributed by atoms with Gasteiger partial charge in [-0.15, -0.1) is 21.8 Å². The van der Waals surface area contributed by atoms with E-state index in [9.17, 15) is 23.4 Å². The van der Waals surface area contributed by atoms with Crippen LogP contribution in [0.3, 0.4) is 0 Å². The third-order valence-corrected chi connectivity index (χ3v) is 6.80. The van der Waals surface area contributed by atoms with Crippen molar-refractivity contribution in [3.8, 4) is 11.3 Å². The normalized spacial score (nSPS) is 24.0. The van der Waals surface area contributed by atoms with Gasteiger partial charge < -0.3 is 24.5 Å². The van der Waals surface area contributed by atoms with Gasteiger partial charge in [0.2, 0.25) is 0 Å². The number of aliphatic hydroxyl groups is 2. The molecule has 14 heteroatoms. The van der Waals surface area contributed by atoms with Crippen molar-refractivity contribution in [2.24, 2.45) is 0 Å². The Bertz CT molecular complexity index is 1270. The molecule has 0 amide bonds. The fraction of sp³-hybridized carbons (Fsp3) is 0.364. The average Bonchev–Trinajstić information content (AvgIpc) is 3.34. The number of aromatic nitrogens is 4. The van der Waals surface area contributed by atoms with Crippen LogP contribution in [0.25, 0.3) is 16.1 Å². The molecule has 1 aliphatic heterocycles. The molecule has 0 saturated carbocycles.